The fourth-order valence-corrected chi connectivity index (χ4v) is 3.78. The summed E-state index contributed by atoms with van der Waals surface area (Å²) in [5, 5.41) is 10.5. The zero-order valence-corrected chi connectivity index (χ0v) is 17.1. The number of fused-ring (bicyclic) bond motifs is 1. The second kappa shape index (κ2) is 8.89. The van der Waals surface area contributed by atoms with Gasteiger partial charge in [-0.25, -0.2) is 0 Å². The van der Waals surface area contributed by atoms with Crippen LogP contribution in [0.1, 0.15) is 16.7 Å². The van der Waals surface area contributed by atoms with Gasteiger partial charge in [-0.2, -0.15) is 18.4 Å². The van der Waals surface area contributed by atoms with Crippen molar-refractivity contribution < 1.29 is 22.7 Å². The molecule has 164 valence electrons. The van der Waals surface area contributed by atoms with Gasteiger partial charge >= 0.3 is 6.18 Å². The van der Waals surface area contributed by atoms with Crippen molar-refractivity contribution in [1.82, 2.24) is 9.47 Å². The molecule has 0 radical (unpaired) electrons. The minimum atomic E-state index is -4.49. The largest absolute Gasteiger partial charge is 0.416 e. The zero-order valence-electron chi connectivity index (χ0n) is 17.1. The predicted octanol–water partition coefficient (Wildman–Crippen LogP) is 4.58. The molecule has 2 aromatic carbocycles. The first-order valence-electron chi connectivity index (χ1n) is 10.1. The summed E-state index contributed by atoms with van der Waals surface area (Å²) in [6, 6.07) is 14.1. The van der Waals surface area contributed by atoms with Gasteiger partial charge in [0.2, 0.25) is 5.91 Å². The Bertz CT molecular complexity index is 1220. The summed E-state index contributed by atoms with van der Waals surface area (Å²) >= 11 is 0. The highest BCUT2D eigenvalue weighted by Crippen LogP contribution is 2.32. The lowest BCUT2D eigenvalue weighted by atomic mass is 10.0. The summed E-state index contributed by atoms with van der Waals surface area (Å²) in [7, 11) is 0. The van der Waals surface area contributed by atoms with E-state index >= 15 is 0 Å². The van der Waals surface area contributed by atoms with Gasteiger partial charge in [0, 0.05) is 35.8 Å². The van der Waals surface area contributed by atoms with Crippen LogP contribution in [0.15, 0.2) is 54.7 Å². The van der Waals surface area contributed by atoms with E-state index < -0.39 is 11.7 Å². The lowest BCUT2D eigenvalue weighted by molar-refractivity contribution is -0.137. The minimum Gasteiger partial charge on any atom is -0.378 e. The minimum absolute atomic E-state index is 0.0389. The summed E-state index contributed by atoms with van der Waals surface area (Å²) < 4.78 is 46.4. The molecule has 1 aliphatic heterocycles. The van der Waals surface area contributed by atoms with Crippen LogP contribution in [0.2, 0.25) is 0 Å². The number of aromatic nitrogens is 1. The smallest absolute Gasteiger partial charge is 0.378 e. The van der Waals surface area contributed by atoms with Crippen molar-refractivity contribution in [3.05, 3.63) is 71.4 Å². The number of carbonyl (C=O) groups is 1. The molecule has 1 aliphatic rings. The van der Waals surface area contributed by atoms with Crippen LogP contribution in [-0.2, 0) is 22.3 Å². The first kappa shape index (κ1) is 21.7. The van der Waals surface area contributed by atoms with Crippen molar-refractivity contribution in [3.8, 4) is 6.07 Å². The van der Waals surface area contributed by atoms with Crippen molar-refractivity contribution in [1.29, 1.82) is 5.26 Å². The molecular weight excluding hydrogens is 419 g/mol. The molecule has 3 aromatic rings. The van der Waals surface area contributed by atoms with E-state index in [0.29, 0.717) is 31.9 Å². The summed E-state index contributed by atoms with van der Waals surface area (Å²) in [6.45, 7) is 2.22. The van der Waals surface area contributed by atoms with E-state index in [1.54, 1.807) is 21.7 Å². The highest BCUT2D eigenvalue weighted by molar-refractivity contribution is 5.98. The SMILES string of the molecule is N#C/C(=C/c1cn(CC(=O)N2CCOCC2)c2ccccc12)c1cccc(C(F)(F)F)c1. The number of rotatable bonds is 4. The number of allylic oxidation sites excluding steroid dienone is 1. The molecular formula is C24H20F3N3O2. The molecule has 0 aliphatic carbocycles. The van der Waals surface area contributed by atoms with Crippen molar-refractivity contribution in [2.45, 2.75) is 12.7 Å². The number of nitriles is 1. The van der Waals surface area contributed by atoms with Crippen LogP contribution in [0.3, 0.4) is 0 Å². The lowest BCUT2D eigenvalue weighted by Gasteiger charge is -2.27. The fourth-order valence-electron chi connectivity index (χ4n) is 3.78. The van der Waals surface area contributed by atoms with E-state index in [4.69, 9.17) is 4.74 Å². The molecule has 4 rings (SSSR count). The van der Waals surface area contributed by atoms with Crippen LogP contribution in [0.25, 0.3) is 22.6 Å². The Hall–Kier alpha value is -3.57. The molecule has 5 nitrogen and oxygen atoms in total. The van der Waals surface area contributed by atoms with E-state index in [-0.39, 0.29) is 23.6 Å². The Kier molecular flexibility index (Phi) is 6.01. The molecule has 8 heteroatoms. The number of halogens is 3. The molecule has 0 spiro atoms. The van der Waals surface area contributed by atoms with Gasteiger partial charge in [-0.1, -0.05) is 30.3 Å². The van der Waals surface area contributed by atoms with Crippen LogP contribution < -0.4 is 0 Å². The number of morpholine rings is 1. The second-order valence-electron chi connectivity index (χ2n) is 7.47. The van der Waals surface area contributed by atoms with Crippen molar-refractivity contribution in [3.63, 3.8) is 0 Å². The summed E-state index contributed by atoms with van der Waals surface area (Å²) in [6.07, 6.45) is -1.17. The monoisotopic (exact) mass is 439 g/mol. The summed E-state index contributed by atoms with van der Waals surface area (Å²) in [5.74, 6) is -0.0389. The Morgan fingerprint density at radius 1 is 1.12 bits per heavy atom. The summed E-state index contributed by atoms with van der Waals surface area (Å²) in [4.78, 5) is 14.5. The molecule has 0 N–H and O–H groups in total. The van der Waals surface area contributed by atoms with Crippen LogP contribution in [0.5, 0.6) is 0 Å². The van der Waals surface area contributed by atoms with Gasteiger partial charge in [0.15, 0.2) is 0 Å². The molecule has 0 atom stereocenters. The van der Waals surface area contributed by atoms with Gasteiger partial charge in [0.1, 0.15) is 6.54 Å². The molecule has 1 saturated heterocycles. The number of alkyl halides is 3. The Morgan fingerprint density at radius 2 is 1.88 bits per heavy atom. The molecule has 1 fully saturated rings. The van der Waals surface area contributed by atoms with Gasteiger partial charge in [-0.15, -0.1) is 0 Å². The number of benzene rings is 2. The van der Waals surface area contributed by atoms with Crippen LogP contribution in [0, 0.1) is 11.3 Å². The average molecular weight is 439 g/mol. The normalized spacial score (nSPS) is 15.1. The molecule has 2 heterocycles. The Balaban J connectivity index is 1.70. The third-order valence-electron chi connectivity index (χ3n) is 5.41. The number of amides is 1. The third kappa shape index (κ3) is 4.53. The first-order chi connectivity index (χ1) is 15.4. The molecule has 1 amide bonds. The standard InChI is InChI=1S/C24H20F3N3O2/c25-24(26,27)20-5-3-4-17(13-20)18(14-28)12-19-15-30(22-7-2-1-6-21(19)22)16-23(31)29-8-10-32-11-9-29/h1-7,12-13,15H,8-11,16H2/b18-12-. The van der Waals surface area contributed by atoms with E-state index in [2.05, 4.69) is 0 Å². The maximum atomic E-state index is 13.1. The zero-order chi connectivity index (χ0) is 22.7. The molecule has 1 aromatic heterocycles. The highest BCUT2D eigenvalue weighted by atomic mass is 19.4. The molecule has 32 heavy (non-hydrogen) atoms. The van der Waals surface area contributed by atoms with Crippen molar-refractivity contribution in [2.75, 3.05) is 26.3 Å². The number of hydrogen-bond acceptors (Lipinski definition) is 3. The van der Waals surface area contributed by atoms with Crippen LogP contribution in [-0.4, -0.2) is 41.7 Å². The topological polar surface area (TPSA) is 58.3 Å². The maximum absolute atomic E-state index is 13.1. The van der Waals surface area contributed by atoms with E-state index in [9.17, 15) is 23.2 Å². The third-order valence-corrected chi connectivity index (χ3v) is 5.41. The number of hydrogen-bond donors (Lipinski definition) is 0. The van der Waals surface area contributed by atoms with Gasteiger partial charge in [0.05, 0.1) is 30.4 Å². The lowest BCUT2D eigenvalue weighted by Crippen LogP contribution is -2.42. The molecule has 0 unspecified atom stereocenters. The van der Waals surface area contributed by atoms with Gasteiger partial charge in [0.25, 0.3) is 0 Å². The highest BCUT2D eigenvalue weighted by Gasteiger charge is 2.30. The van der Waals surface area contributed by atoms with Crippen LogP contribution >= 0.6 is 0 Å². The second-order valence-corrected chi connectivity index (χ2v) is 7.47. The van der Waals surface area contributed by atoms with Gasteiger partial charge in [-0.05, 0) is 29.8 Å². The van der Waals surface area contributed by atoms with Crippen molar-refractivity contribution in [2.24, 2.45) is 0 Å². The Labute approximate surface area is 182 Å². The summed E-state index contributed by atoms with van der Waals surface area (Å²) in [5.41, 5.74) is 0.947. The number of carbonyl (C=O) groups excluding carboxylic acids is 1. The van der Waals surface area contributed by atoms with E-state index in [1.807, 2.05) is 30.3 Å². The van der Waals surface area contributed by atoms with E-state index in [1.165, 1.54) is 12.1 Å². The fraction of sp³-hybridized carbons (Fsp3) is 0.250. The van der Waals surface area contributed by atoms with Gasteiger partial charge in [-0.3, -0.25) is 4.79 Å². The van der Waals surface area contributed by atoms with E-state index in [0.717, 1.165) is 23.0 Å². The maximum Gasteiger partial charge on any atom is 0.416 e. The van der Waals surface area contributed by atoms with Crippen LogP contribution in [0.4, 0.5) is 13.2 Å². The number of nitrogens with zero attached hydrogens (tertiary/aromatic N) is 3. The number of ether oxygens (including phenoxy) is 1. The number of para-hydroxylation sites is 1. The average Bonchev–Trinajstić information content (AvgIpc) is 3.14. The van der Waals surface area contributed by atoms with Crippen molar-refractivity contribution >= 4 is 28.5 Å². The molecule has 0 saturated carbocycles. The molecule has 0 bridgehead atoms. The van der Waals surface area contributed by atoms with Gasteiger partial charge < -0.3 is 14.2 Å². The predicted molar refractivity (Wildman–Crippen MR) is 114 cm³/mol. The first-order valence-corrected chi connectivity index (χ1v) is 10.1. The Morgan fingerprint density at radius 3 is 2.59 bits per heavy atom. The quantitative estimate of drug-likeness (QED) is 0.559.